The smallest absolute Gasteiger partial charge is 0.271 e. The van der Waals surface area contributed by atoms with E-state index in [1.54, 1.807) is 24.4 Å². The van der Waals surface area contributed by atoms with Gasteiger partial charge in [-0.05, 0) is 12.1 Å². The molecule has 5 heteroatoms. The van der Waals surface area contributed by atoms with Crippen LogP contribution in [0.1, 0.15) is 10.5 Å². The van der Waals surface area contributed by atoms with Gasteiger partial charge in [0.2, 0.25) is 0 Å². The van der Waals surface area contributed by atoms with Gasteiger partial charge in [0.1, 0.15) is 0 Å². The normalized spacial score (nSPS) is 10.3. The summed E-state index contributed by atoms with van der Waals surface area (Å²) >= 11 is 0. The van der Waals surface area contributed by atoms with Crippen LogP contribution in [-0.4, -0.2) is 20.7 Å². The van der Waals surface area contributed by atoms with Crippen LogP contribution in [0.2, 0.25) is 0 Å². The summed E-state index contributed by atoms with van der Waals surface area (Å²) < 4.78 is 1.50. The Morgan fingerprint density at radius 3 is 3.08 bits per heavy atom. The topological polar surface area (TPSA) is 73.3 Å². The maximum Gasteiger partial charge on any atom is 0.271 e. The largest absolute Gasteiger partial charge is 0.364 e. The van der Waals surface area contributed by atoms with Crippen molar-refractivity contribution in [1.82, 2.24) is 14.8 Å². The molecule has 2 aromatic rings. The van der Waals surface area contributed by atoms with Gasteiger partial charge in [0.15, 0.2) is 5.69 Å². The van der Waals surface area contributed by atoms with E-state index in [0.717, 1.165) is 0 Å². The highest BCUT2D eigenvalue weighted by molar-refractivity contribution is 5.97. The number of aromatic nitrogens is 3. The molecule has 60 valence electrons. The molecule has 0 unspecified atom stereocenters. The summed E-state index contributed by atoms with van der Waals surface area (Å²) in [6, 6.07) is 5.33. The van der Waals surface area contributed by atoms with Gasteiger partial charge in [-0.1, -0.05) is 11.3 Å². The molecule has 0 aromatic carbocycles. The van der Waals surface area contributed by atoms with E-state index in [2.05, 4.69) is 10.3 Å². The number of fused-ring (bicyclic) bond motifs is 1. The molecule has 0 aliphatic rings. The third-order valence-electron chi connectivity index (χ3n) is 1.56. The van der Waals surface area contributed by atoms with Crippen LogP contribution in [-0.2, 0) is 0 Å². The molecule has 0 aliphatic carbocycles. The fourth-order valence-electron chi connectivity index (χ4n) is 1.02. The standard InChI is InChI=1S/C7H6N4O/c8-7(12)6-5-3-1-2-4-11(5)10-9-6/h1-4H,(H2,8,12). The number of primary amides is 1. The lowest BCUT2D eigenvalue weighted by Crippen LogP contribution is -2.11. The zero-order chi connectivity index (χ0) is 8.55. The first-order chi connectivity index (χ1) is 5.79. The molecule has 0 fully saturated rings. The van der Waals surface area contributed by atoms with Crippen LogP contribution >= 0.6 is 0 Å². The molecule has 0 saturated carbocycles. The highest BCUT2D eigenvalue weighted by Gasteiger charge is 2.09. The number of nitrogens with zero attached hydrogens (tertiary/aromatic N) is 3. The average molecular weight is 162 g/mol. The van der Waals surface area contributed by atoms with E-state index in [4.69, 9.17) is 5.73 Å². The summed E-state index contributed by atoms with van der Waals surface area (Å²) in [4.78, 5) is 10.8. The van der Waals surface area contributed by atoms with Crippen LogP contribution in [0.5, 0.6) is 0 Å². The zero-order valence-corrected chi connectivity index (χ0v) is 6.14. The molecule has 12 heavy (non-hydrogen) atoms. The second-order valence-corrected chi connectivity index (χ2v) is 2.33. The Hall–Kier alpha value is -1.91. The fourth-order valence-corrected chi connectivity index (χ4v) is 1.02. The van der Waals surface area contributed by atoms with Crippen LogP contribution in [0.4, 0.5) is 0 Å². The van der Waals surface area contributed by atoms with Crippen molar-refractivity contribution in [3.05, 3.63) is 30.1 Å². The van der Waals surface area contributed by atoms with E-state index in [1.165, 1.54) is 4.52 Å². The van der Waals surface area contributed by atoms with Crippen LogP contribution in [0, 0.1) is 0 Å². The number of carbonyl (C=O) groups excluding carboxylic acids is 1. The second kappa shape index (κ2) is 2.30. The monoisotopic (exact) mass is 162 g/mol. The van der Waals surface area contributed by atoms with Crippen molar-refractivity contribution in [2.24, 2.45) is 5.73 Å². The molecule has 0 aliphatic heterocycles. The number of amides is 1. The van der Waals surface area contributed by atoms with Crippen LogP contribution in [0.25, 0.3) is 5.52 Å². The van der Waals surface area contributed by atoms with E-state index in [1.807, 2.05) is 0 Å². The molecule has 0 spiro atoms. The molecule has 2 heterocycles. The van der Waals surface area contributed by atoms with Crippen molar-refractivity contribution in [3.63, 3.8) is 0 Å². The van der Waals surface area contributed by atoms with Gasteiger partial charge >= 0.3 is 0 Å². The lowest BCUT2D eigenvalue weighted by molar-refractivity contribution is 0.0997. The average Bonchev–Trinajstić information content (AvgIpc) is 2.47. The van der Waals surface area contributed by atoms with E-state index < -0.39 is 5.91 Å². The minimum atomic E-state index is -0.559. The number of nitrogens with two attached hydrogens (primary N) is 1. The zero-order valence-electron chi connectivity index (χ0n) is 6.14. The summed E-state index contributed by atoms with van der Waals surface area (Å²) in [7, 11) is 0. The Morgan fingerprint density at radius 2 is 2.33 bits per heavy atom. The molecule has 2 rings (SSSR count). The quantitative estimate of drug-likeness (QED) is 0.632. The minimum Gasteiger partial charge on any atom is -0.364 e. The lowest BCUT2D eigenvalue weighted by atomic mass is 10.3. The predicted octanol–water partition coefficient (Wildman–Crippen LogP) is -0.172. The van der Waals surface area contributed by atoms with Crippen molar-refractivity contribution in [2.75, 3.05) is 0 Å². The van der Waals surface area contributed by atoms with Crippen molar-refractivity contribution in [2.45, 2.75) is 0 Å². The van der Waals surface area contributed by atoms with Crippen LogP contribution in [0.15, 0.2) is 24.4 Å². The van der Waals surface area contributed by atoms with Gasteiger partial charge in [-0.15, -0.1) is 5.10 Å². The number of pyridine rings is 1. The van der Waals surface area contributed by atoms with Crippen LogP contribution < -0.4 is 5.73 Å². The Kier molecular flexibility index (Phi) is 1.30. The van der Waals surface area contributed by atoms with Gasteiger partial charge in [-0.3, -0.25) is 4.79 Å². The number of carbonyl (C=O) groups is 1. The molecule has 0 atom stereocenters. The third kappa shape index (κ3) is 0.833. The third-order valence-corrected chi connectivity index (χ3v) is 1.56. The Labute approximate surface area is 67.8 Å². The Balaban J connectivity index is 2.79. The molecule has 0 saturated heterocycles. The Bertz CT molecular complexity index is 434. The maximum atomic E-state index is 10.8. The number of hydrogen-bond acceptors (Lipinski definition) is 3. The van der Waals surface area contributed by atoms with Crippen molar-refractivity contribution in [1.29, 1.82) is 0 Å². The lowest BCUT2D eigenvalue weighted by Gasteiger charge is -1.89. The van der Waals surface area contributed by atoms with Gasteiger partial charge in [0.25, 0.3) is 5.91 Å². The summed E-state index contributed by atoms with van der Waals surface area (Å²) in [6.07, 6.45) is 1.70. The van der Waals surface area contributed by atoms with E-state index in [0.29, 0.717) is 5.52 Å². The first-order valence-electron chi connectivity index (χ1n) is 3.39. The summed E-state index contributed by atoms with van der Waals surface area (Å²) in [5.74, 6) is -0.559. The summed E-state index contributed by atoms with van der Waals surface area (Å²) in [5, 5.41) is 7.34. The number of rotatable bonds is 1. The SMILES string of the molecule is NC(=O)c1nnn2ccccc12. The van der Waals surface area contributed by atoms with Crippen molar-refractivity contribution < 1.29 is 4.79 Å². The van der Waals surface area contributed by atoms with E-state index >= 15 is 0 Å². The molecular formula is C7H6N4O. The van der Waals surface area contributed by atoms with Gasteiger partial charge in [0.05, 0.1) is 5.52 Å². The minimum absolute atomic E-state index is 0.204. The predicted molar refractivity (Wildman–Crippen MR) is 41.5 cm³/mol. The fraction of sp³-hybridized carbons (Fsp3) is 0. The molecule has 0 bridgehead atoms. The first kappa shape index (κ1) is 6.78. The van der Waals surface area contributed by atoms with Crippen molar-refractivity contribution in [3.8, 4) is 0 Å². The molecule has 5 nitrogen and oxygen atoms in total. The highest BCUT2D eigenvalue weighted by Crippen LogP contribution is 2.04. The van der Waals surface area contributed by atoms with Crippen molar-refractivity contribution >= 4 is 11.4 Å². The molecular weight excluding hydrogens is 156 g/mol. The molecule has 2 aromatic heterocycles. The van der Waals surface area contributed by atoms with Gasteiger partial charge in [-0.25, -0.2) is 4.52 Å². The summed E-state index contributed by atoms with van der Waals surface area (Å²) in [5.41, 5.74) is 5.90. The van der Waals surface area contributed by atoms with E-state index in [-0.39, 0.29) is 5.69 Å². The van der Waals surface area contributed by atoms with Gasteiger partial charge < -0.3 is 5.73 Å². The Morgan fingerprint density at radius 1 is 1.50 bits per heavy atom. The first-order valence-corrected chi connectivity index (χ1v) is 3.39. The van der Waals surface area contributed by atoms with Gasteiger partial charge in [0, 0.05) is 6.20 Å². The molecule has 0 radical (unpaired) electrons. The maximum absolute atomic E-state index is 10.8. The highest BCUT2D eigenvalue weighted by atomic mass is 16.1. The number of hydrogen-bond donors (Lipinski definition) is 1. The van der Waals surface area contributed by atoms with Gasteiger partial charge in [-0.2, -0.15) is 0 Å². The second-order valence-electron chi connectivity index (χ2n) is 2.33. The molecule has 1 amide bonds. The summed E-state index contributed by atoms with van der Waals surface area (Å²) in [6.45, 7) is 0. The van der Waals surface area contributed by atoms with Crippen LogP contribution in [0.3, 0.4) is 0 Å². The van der Waals surface area contributed by atoms with E-state index in [9.17, 15) is 4.79 Å². The molecule has 2 N–H and O–H groups in total.